The van der Waals surface area contributed by atoms with Crippen LogP contribution < -0.4 is 15.4 Å². The Hall–Kier alpha value is -3.68. The van der Waals surface area contributed by atoms with Crippen LogP contribution in [0.15, 0.2) is 24.5 Å². The molecule has 2 aromatic rings. The molecule has 2 saturated heterocycles. The number of carboxylic acid groups (broad SMARTS) is 1. The van der Waals surface area contributed by atoms with Crippen LogP contribution in [0.3, 0.4) is 0 Å². The summed E-state index contributed by atoms with van der Waals surface area (Å²) in [5.41, 5.74) is 7.12. The van der Waals surface area contributed by atoms with Gasteiger partial charge in [-0.3, -0.25) is 4.79 Å². The molecule has 2 aromatic heterocycles. The predicted molar refractivity (Wildman–Crippen MR) is 120 cm³/mol. The number of aromatic nitrogens is 3. The lowest BCUT2D eigenvalue weighted by Crippen LogP contribution is -2.56. The minimum atomic E-state index is -5.08. The van der Waals surface area contributed by atoms with Crippen LogP contribution in [0.5, 0.6) is 5.75 Å². The summed E-state index contributed by atoms with van der Waals surface area (Å²) in [6, 6.07) is 3.85. The maximum Gasteiger partial charge on any atom is 0.490 e. The number of hydrogen-bond donors (Lipinski definition) is 2. The molecule has 1 aliphatic carbocycles. The molecule has 3 aliphatic rings. The third-order valence-electron chi connectivity index (χ3n) is 5.72. The van der Waals surface area contributed by atoms with E-state index in [9.17, 15) is 18.0 Å². The molecule has 1 amide bonds. The molecular weight excluding hydrogens is 485 g/mol. The lowest BCUT2D eigenvalue weighted by atomic mass is 10.1. The number of amides is 1. The van der Waals surface area contributed by atoms with E-state index >= 15 is 0 Å². The van der Waals surface area contributed by atoms with E-state index in [0.29, 0.717) is 26.3 Å². The van der Waals surface area contributed by atoms with Crippen molar-refractivity contribution in [2.75, 3.05) is 50.0 Å². The number of alkyl halides is 3. The first kappa shape index (κ1) is 25.4. The first-order chi connectivity index (χ1) is 17.1. The third-order valence-corrected chi connectivity index (χ3v) is 5.72. The molecule has 4 heterocycles. The van der Waals surface area contributed by atoms with E-state index in [-0.39, 0.29) is 23.9 Å². The number of carbonyl (C=O) groups is 2. The molecule has 0 bridgehead atoms. The van der Waals surface area contributed by atoms with Crippen molar-refractivity contribution < 1.29 is 37.3 Å². The average Bonchev–Trinajstić information content (AvgIpc) is 3.67. The fraction of sp³-hybridized carbons (Fsp3) is 0.500. The third kappa shape index (κ3) is 6.50. The van der Waals surface area contributed by atoms with E-state index in [1.165, 1.54) is 0 Å². The van der Waals surface area contributed by atoms with Crippen molar-refractivity contribution in [3.63, 3.8) is 0 Å². The molecule has 3 N–H and O–H groups in total. The van der Waals surface area contributed by atoms with Crippen molar-refractivity contribution in [3.8, 4) is 17.0 Å². The summed E-state index contributed by atoms with van der Waals surface area (Å²) in [5, 5.41) is 7.12. The zero-order chi connectivity index (χ0) is 25.9. The van der Waals surface area contributed by atoms with Gasteiger partial charge in [0.1, 0.15) is 17.7 Å². The second-order valence-corrected chi connectivity index (χ2v) is 8.54. The number of anilines is 2. The highest BCUT2D eigenvalue weighted by Gasteiger charge is 2.40. The van der Waals surface area contributed by atoms with Crippen molar-refractivity contribution in [1.82, 2.24) is 19.9 Å². The highest BCUT2D eigenvalue weighted by atomic mass is 19.4. The van der Waals surface area contributed by atoms with Gasteiger partial charge in [0.25, 0.3) is 0 Å². The quantitative estimate of drug-likeness (QED) is 0.608. The number of aliphatic carboxylic acids is 1. The van der Waals surface area contributed by atoms with Crippen LogP contribution in [0.1, 0.15) is 12.8 Å². The second-order valence-electron chi connectivity index (χ2n) is 8.54. The second kappa shape index (κ2) is 10.5. The smallest absolute Gasteiger partial charge is 0.487 e. The summed E-state index contributed by atoms with van der Waals surface area (Å²) in [6.45, 7) is 4.19. The maximum absolute atomic E-state index is 12.1. The lowest BCUT2D eigenvalue weighted by Gasteiger charge is -2.39. The van der Waals surface area contributed by atoms with Gasteiger partial charge in [-0.15, -0.1) is 0 Å². The van der Waals surface area contributed by atoms with Gasteiger partial charge in [0.15, 0.2) is 0 Å². The Morgan fingerprint density at radius 2 is 1.72 bits per heavy atom. The zero-order valence-corrected chi connectivity index (χ0v) is 19.1. The van der Waals surface area contributed by atoms with Gasteiger partial charge in [0.05, 0.1) is 32.0 Å². The van der Waals surface area contributed by atoms with E-state index in [1.54, 1.807) is 12.4 Å². The molecule has 36 heavy (non-hydrogen) atoms. The van der Waals surface area contributed by atoms with Gasteiger partial charge in [-0.2, -0.15) is 13.2 Å². The molecule has 3 fully saturated rings. The summed E-state index contributed by atoms with van der Waals surface area (Å²) >= 11 is 0. The first-order valence-corrected chi connectivity index (χ1v) is 11.3. The monoisotopic (exact) mass is 510 g/mol. The predicted octanol–water partition coefficient (Wildman–Crippen LogP) is 1.59. The fourth-order valence-electron chi connectivity index (χ4n) is 3.61. The Bertz CT molecular complexity index is 1080. The van der Waals surface area contributed by atoms with E-state index in [0.717, 1.165) is 48.8 Å². The molecule has 0 unspecified atom stereocenters. The number of carboxylic acids is 1. The van der Waals surface area contributed by atoms with Crippen LogP contribution in [0, 0.1) is 5.92 Å². The number of likely N-dealkylation sites (tertiary alicyclic amines) is 1. The number of rotatable bonds is 5. The van der Waals surface area contributed by atoms with Crippen LogP contribution in [0.2, 0.25) is 0 Å². The van der Waals surface area contributed by atoms with Crippen molar-refractivity contribution >= 4 is 23.6 Å². The molecule has 194 valence electrons. The number of morpholine rings is 1. The minimum absolute atomic E-state index is 0.00755. The topological polar surface area (TPSA) is 144 Å². The number of ether oxygens (including phenoxy) is 2. The van der Waals surface area contributed by atoms with Crippen LogP contribution >= 0.6 is 0 Å². The number of carbonyl (C=O) groups excluding carboxylic acids is 1. The maximum atomic E-state index is 12.1. The summed E-state index contributed by atoms with van der Waals surface area (Å²) in [6.07, 6.45) is 0.309. The number of nitrogens with zero attached hydrogens (tertiary/aromatic N) is 5. The van der Waals surface area contributed by atoms with Gasteiger partial charge in [-0.25, -0.2) is 19.7 Å². The Morgan fingerprint density at radius 1 is 1.11 bits per heavy atom. The van der Waals surface area contributed by atoms with E-state index in [1.807, 2.05) is 17.0 Å². The SMILES string of the molecule is Nc1ncc(-c2cc(OC3CN(C(=O)C4CC4)C3)cc(N3CCOCC3)n2)cn1.O=C(O)C(F)(F)F. The molecule has 14 heteroatoms. The van der Waals surface area contributed by atoms with Crippen molar-refractivity contribution in [1.29, 1.82) is 0 Å². The molecule has 0 atom stereocenters. The number of pyridine rings is 1. The number of halogens is 3. The van der Waals surface area contributed by atoms with Crippen LogP contribution in [0.4, 0.5) is 24.9 Å². The van der Waals surface area contributed by atoms with Gasteiger partial charge in [0.2, 0.25) is 11.9 Å². The van der Waals surface area contributed by atoms with Gasteiger partial charge < -0.3 is 30.1 Å². The summed E-state index contributed by atoms with van der Waals surface area (Å²) < 4.78 is 43.4. The number of nitrogen functional groups attached to an aromatic ring is 1. The van der Waals surface area contributed by atoms with Gasteiger partial charge in [-0.05, 0) is 12.8 Å². The van der Waals surface area contributed by atoms with Crippen molar-refractivity contribution in [2.24, 2.45) is 5.92 Å². The van der Waals surface area contributed by atoms with Gasteiger partial charge >= 0.3 is 12.1 Å². The highest BCUT2D eigenvalue weighted by molar-refractivity contribution is 5.81. The zero-order valence-electron chi connectivity index (χ0n) is 19.1. The largest absolute Gasteiger partial charge is 0.490 e. The highest BCUT2D eigenvalue weighted by Crippen LogP contribution is 2.34. The Kier molecular flexibility index (Phi) is 7.43. The Labute approximate surface area is 204 Å². The summed E-state index contributed by atoms with van der Waals surface area (Å²) in [7, 11) is 0. The standard InChI is InChI=1S/C20H24N6O3.C2HF3O2/c21-20-22-9-14(10-23-20)17-7-15(8-18(24-17)25-3-5-28-6-4-25)29-16-11-26(12-16)19(27)13-1-2-13;3-2(4,5)1(6)7/h7-10,13,16H,1-6,11-12H2,(H2,21,22,23);(H,6,7). The number of hydrogen-bond acceptors (Lipinski definition) is 9. The normalized spacial score (nSPS) is 18.1. The van der Waals surface area contributed by atoms with Gasteiger partial charge in [-0.1, -0.05) is 0 Å². The fourth-order valence-corrected chi connectivity index (χ4v) is 3.61. The van der Waals surface area contributed by atoms with Crippen molar-refractivity contribution in [3.05, 3.63) is 24.5 Å². The summed E-state index contributed by atoms with van der Waals surface area (Å²) in [4.78, 5) is 38.0. The lowest BCUT2D eigenvalue weighted by molar-refractivity contribution is -0.192. The first-order valence-electron chi connectivity index (χ1n) is 11.3. The Morgan fingerprint density at radius 3 is 2.28 bits per heavy atom. The molecular formula is C22H25F3N6O5. The van der Waals surface area contributed by atoms with E-state index < -0.39 is 12.1 Å². The van der Waals surface area contributed by atoms with Crippen LogP contribution in [-0.2, 0) is 14.3 Å². The van der Waals surface area contributed by atoms with Crippen molar-refractivity contribution in [2.45, 2.75) is 25.1 Å². The van der Waals surface area contributed by atoms with Gasteiger partial charge in [0, 0.05) is 49.1 Å². The molecule has 0 radical (unpaired) electrons. The molecule has 2 aliphatic heterocycles. The molecule has 11 nitrogen and oxygen atoms in total. The summed E-state index contributed by atoms with van der Waals surface area (Å²) in [5.74, 6) is -0.438. The molecule has 0 spiro atoms. The molecule has 0 aromatic carbocycles. The molecule has 1 saturated carbocycles. The number of nitrogens with two attached hydrogens (primary N) is 1. The van der Waals surface area contributed by atoms with E-state index in [2.05, 4.69) is 14.9 Å². The Balaban J connectivity index is 0.000000384. The molecule has 5 rings (SSSR count). The minimum Gasteiger partial charge on any atom is -0.487 e. The average molecular weight is 510 g/mol. The van der Waals surface area contributed by atoms with E-state index in [4.69, 9.17) is 30.1 Å². The van der Waals surface area contributed by atoms with Crippen LogP contribution in [0.25, 0.3) is 11.3 Å². The van der Waals surface area contributed by atoms with Crippen LogP contribution in [-0.4, -0.2) is 88.5 Å².